The molecule has 0 saturated heterocycles. The fourth-order valence-electron chi connectivity index (χ4n) is 2.05. The van der Waals surface area contributed by atoms with Gasteiger partial charge in [0.2, 0.25) is 0 Å². The summed E-state index contributed by atoms with van der Waals surface area (Å²) in [5.41, 5.74) is 1.59. The quantitative estimate of drug-likeness (QED) is 0.840. The summed E-state index contributed by atoms with van der Waals surface area (Å²) in [5.74, 6) is 1.62. The summed E-state index contributed by atoms with van der Waals surface area (Å²) in [6, 6.07) is 0. The average molecular weight is 301 g/mol. The molecular formula is C12H17BrN2S. The van der Waals surface area contributed by atoms with Crippen LogP contribution in [0, 0.1) is 10.1 Å². The molecule has 1 aliphatic rings. The van der Waals surface area contributed by atoms with Gasteiger partial charge >= 0.3 is 0 Å². The van der Waals surface area contributed by atoms with Gasteiger partial charge in [-0.15, -0.1) is 0 Å². The van der Waals surface area contributed by atoms with Crippen LogP contribution in [0.25, 0.3) is 0 Å². The Morgan fingerprint density at radius 2 is 2.19 bits per heavy atom. The smallest absolute Gasteiger partial charge is 0.144 e. The number of aryl methyl sites for hydroxylation is 1. The van der Waals surface area contributed by atoms with Crippen molar-refractivity contribution < 1.29 is 0 Å². The molecule has 88 valence electrons. The Bertz CT molecular complexity index is 465. The Balaban J connectivity index is 2.38. The molecule has 2 nitrogen and oxygen atoms in total. The Labute approximate surface area is 110 Å². The Morgan fingerprint density at radius 1 is 1.56 bits per heavy atom. The summed E-state index contributed by atoms with van der Waals surface area (Å²) in [4.78, 5) is 7.93. The van der Waals surface area contributed by atoms with Gasteiger partial charge in [0.25, 0.3) is 0 Å². The Morgan fingerprint density at radius 3 is 2.69 bits per heavy atom. The van der Waals surface area contributed by atoms with Gasteiger partial charge < -0.3 is 4.98 Å². The van der Waals surface area contributed by atoms with Crippen LogP contribution < -0.4 is 0 Å². The zero-order valence-corrected chi connectivity index (χ0v) is 12.3. The Kier molecular flexibility index (Phi) is 3.23. The molecule has 0 spiro atoms. The number of aromatic nitrogens is 2. The third-order valence-electron chi connectivity index (χ3n) is 3.30. The van der Waals surface area contributed by atoms with E-state index in [1.807, 2.05) is 0 Å². The minimum atomic E-state index is 0.391. The second kappa shape index (κ2) is 4.22. The van der Waals surface area contributed by atoms with Crippen molar-refractivity contribution in [3.05, 3.63) is 20.6 Å². The monoisotopic (exact) mass is 300 g/mol. The van der Waals surface area contributed by atoms with Crippen LogP contribution in [0.1, 0.15) is 51.0 Å². The minimum Gasteiger partial charge on any atom is -0.346 e. The lowest BCUT2D eigenvalue weighted by molar-refractivity contribution is 0.605. The summed E-state index contributed by atoms with van der Waals surface area (Å²) in [7, 11) is 0. The van der Waals surface area contributed by atoms with E-state index in [-0.39, 0.29) is 0 Å². The fourth-order valence-corrected chi connectivity index (χ4v) is 2.65. The highest BCUT2D eigenvalue weighted by atomic mass is 79.9. The van der Waals surface area contributed by atoms with E-state index in [0.29, 0.717) is 16.0 Å². The van der Waals surface area contributed by atoms with E-state index < -0.39 is 0 Å². The molecule has 2 rings (SSSR count). The topological polar surface area (TPSA) is 28.7 Å². The molecule has 1 saturated carbocycles. The van der Waals surface area contributed by atoms with E-state index in [1.54, 1.807) is 0 Å². The van der Waals surface area contributed by atoms with E-state index in [9.17, 15) is 0 Å². The maximum Gasteiger partial charge on any atom is 0.144 e. The lowest BCUT2D eigenvalue weighted by atomic mass is 10.1. The standard InChI is InChI=1S/C12H17BrN2S/c1-4-5-8-9(13)11(16)15-10(14-8)7-6-12(7,2)3/h7H,4-6H2,1-3H3,(H,14,15,16). The Hall–Kier alpha value is -0.220. The van der Waals surface area contributed by atoms with Crippen LogP contribution in [0.2, 0.25) is 0 Å². The molecule has 0 bridgehead atoms. The molecule has 1 aromatic rings. The van der Waals surface area contributed by atoms with Crippen molar-refractivity contribution in [1.82, 2.24) is 9.97 Å². The number of hydrogen-bond donors (Lipinski definition) is 1. The minimum absolute atomic E-state index is 0.391. The van der Waals surface area contributed by atoms with Crippen LogP contribution in [0.15, 0.2) is 4.47 Å². The lowest BCUT2D eigenvalue weighted by Gasteiger charge is -2.08. The number of nitrogens with one attached hydrogen (secondary N) is 1. The van der Waals surface area contributed by atoms with Gasteiger partial charge in [-0.1, -0.05) is 39.4 Å². The van der Waals surface area contributed by atoms with Gasteiger partial charge in [-0.25, -0.2) is 4.98 Å². The van der Waals surface area contributed by atoms with Gasteiger partial charge in [0.15, 0.2) is 0 Å². The van der Waals surface area contributed by atoms with Gasteiger partial charge in [0, 0.05) is 11.6 Å². The second-order valence-electron chi connectivity index (χ2n) is 5.22. The third-order valence-corrected chi connectivity index (χ3v) is 4.71. The number of H-pyrrole nitrogens is 1. The van der Waals surface area contributed by atoms with E-state index >= 15 is 0 Å². The molecule has 1 atom stereocenters. The first-order valence-electron chi connectivity index (χ1n) is 5.74. The highest BCUT2D eigenvalue weighted by Gasteiger charge is 2.48. The summed E-state index contributed by atoms with van der Waals surface area (Å²) >= 11 is 8.80. The number of aromatic amines is 1. The zero-order chi connectivity index (χ0) is 11.9. The van der Waals surface area contributed by atoms with Crippen molar-refractivity contribution in [3.63, 3.8) is 0 Å². The SMILES string of the molecule is CCCc1[nH]c(C2CC2(C)C)nc(=S)c1Br. The maximum absolute atomic E-state index is 5.29. The fraction of sp³-hybridized carbons (Fsp3) is 0.667. The molecule has 0 aliphatic heterocycles. The predicted molar refractivity (Wildman–Crippen MR) is 72.3 cm³/mol. The highest BCUT2D eigenvalue weighted by Crippen LogP contribution is 2.57. The van der Waals surface area contributed by atoms with Gasteiger partial charge in [0.1, 0.15) is 10.5 Å². The van der Waals surface area contributed by atoms with Gasteiger partial charge in [0.05, 0.1) is 4.47 Å². The van der Waals surface area contributed by atoms with Crippen LogP contribution in [0.3, 0.4) is 0 Å². The molecule has 16 heavy (non-hydrogen) atoms. The molecule has 1 aliphatic carbocycles. The summed E-state index contributed by atoms with van der Waals surface area (Å²) in [6.45, 7) is 6.72. The highest BCUT2D eigenvalue weighted by molar-refractivity contribution is 9.10. The van der Waals surface area contributed by atoms with E-state index in [4.69, 9.17) is 12.2 Å². The zero-order valence-electron chi connectivity index (χ0n) is 9.93. The summed E-state index contributed by atoms with van der Waals surface area (Å²) in [5, 5.41) is 0. The molecular weight excluding hydrogens is 284 g/mol. The molecule has 1 fully saturated rings. The normalized spacial score (nSPS) is 22.1. The predicted octanol–water partition coefficient (Wildman–Crippen LogP) is 4.37. The molecule has 0 amide bonds. The van der Waals surface area contributed by atoms with Crippen molar-refractivity contribution in [2.75, 3.05) is 0 Å². The van der Waals surface area contributed by atoms with Crippen LogP contribution >= 0.6 is 28.1 Å². The number of rotatable bonds is 3. The maximum atomic E-state index is 5.29. The summed E-state index contributed by atoms with van der Waals surface area (Å²) < 4.78 is 1.66. The molecule has 1 N–H and O–H groups in total. The van der Waals surface area contributed by atoms with Crippen molar-refractivity contribution in [3.8, 4) is 0 Å². The molecule has 0 radical (unpaired) electrons. The first kappa shape index (κ1) is 12.2. The van der Waals surface area contributed by atoms with Crippen LogP contribution in [0.4, 0.5) is 0 Å². The molecule has 1 unspecified atom stereocenters. The van der Waals surface area contributed by atoms with Crippen LogP contribution in [0.5, 0.6) is 0 Å². The number of halogens is 1. The van der Waals surface area contributed by atoms with E-state index in [0.717, 1.165) is 23.1 Å². The van der Waals surface area contributed by atoms with Crippen molar-refractivity contribution in [2.45, 2.75) is 46.0 Å². The van der Waals surface area contributed by atoms with Gasteiger partial charge in [-0.05, 0) is 34.2 Å². The first-order chi connectivity index (χ1) is 7.45. The molecule has 0 aromatic carbocycles. The number of nitrogens with zero attached hydrogens (tertiary/aromatic N) is 1. The summed E-state index contributed by atoms with van der Waals surface area (Å²) in [6.07, 6.45) is 3.34. The van der Waals surface area contributed by atoms with Crippen molar-refractivity contribution in [1.29, 1.82) is 0 Å². The lowest BCUT2D eigenvalue weighted by Crippen LogP contribution is -2.03. The number of hydrogen-bond acceptors (Lipinski definition) is 2. The second-order valence-corrected chi connectivity index (χ2v) is 6.39. The average Bonchev–Trinajstić information content (AvgIpc) is 2.83. The van der Waals surface area contributed by atoms with Gasteiger partial charge in [-0.3, -0.25) is 0 Å². The molecule has 1 aromatic heterocycles. The molecule has 1 heterocycles. The third kappa shape index (κ3) is 2.23. The largest absolute Gasteiger partial charge is 0.346 e. The first-order valence-corrected chi connectivity index (χ1v) is 6.94. The van der Waals surface area contributed by atoms with Gasteiger partial charge in [-0.2, -0.15) is 0 Å². The van der Waals surface area contributed by atoms with Crippen molar-refractivity contribution in [2.24, 2.45) is 5.41 Å². The molecule has 4 heteroatoms. The van der Waals surface area contributed by atoms with E-state index in [1.165, 1.54) is 12.1 Å². The van der Waals surface area contributed by atoms with Crippen LogP contribution in [-0.2, 0) is 6.42 Å². The van der Waals surface area contributed by atoms with E-state index in [2.05, 4.69) is 46.7 Å². The van der Waals surface area contributed by atoms with Crippen molar-refractivity contribution >= 4 is 28.1 Å². The van der Waals surface area contributed by atoms with Crippen LogP contribution in [-0.4, -0.2) is 9.97 Å².